The Bertz CT molecular complexity index is 448. The zero-order valence-corrected chi connectivity index (χ0v) is 14.2. The van der Waals surface area contributed by atoms with Crippen LogP contribution >= 0.6 is 0 Å². The molecule has 0 atom stereocenters. The number of rotatable bonds is 6. The smallest absolute Gasteiger partial charge is 0.193 e. The van der Waals surface area contributed by atoms with E-state index in [1.54, 1.807) is 28.0 Å². The molecule has 0 aromatic rings. The van der Waals surface area contributed by atoms with Gasteiger partial charge in [0.1, 0.15) is 0 Å². The van der Waals surface area contributed by atoms with Crippen molar-refractivity contribution < 1.29 is 17.9 Å². The van der Waals surface area contributed by atoms with Crippen molar-refractivity contribution in [3.05, 3.63) is 0 Å². The molecule has 0 aliphatic carbocycles. The summed E-state index contributed by atoms with van der Waals surface area (Å²) in [5.74, 6) is 0.874. The van der Waals surface area contributed by atoms with Crippen LogP contribution in [0, 0.1) is 0 Å². The standard InChI is InChI=1S/C13H27N3O4S/c1-13(2)11-16(6-10-21(13,17)18)12(14-3)15-5-7-20-9-8-19-4/h5-11H2,1-4H3,(H,14,15). The Hall–Kier alpha value is -0.860. The fourth-order valence-corrected chi connectivity index (χ4v) is 3.50. The lowest BCUT2D eigenvalue weighted by molar-refractivity contribution is 0.0731. The van der Waals surface area contributed by atoms with Crippen LogP contribution < -0.4 is 5.32 Å². The Balaban J connectivity index is 2.44. The van der Waals surface area contributed by atoms with Gasteiger partial charge in [-0.25, -0.2) is 8.42 Å². The quantitative estimate of drug-likeness (QED) is 0.412. The number of hydrogen-bond acceptors (Lipinski definition) is 5. The average molecular weight is 321 g/mol. The SMILES string of the molecule is CN=C(NCCOCCOC)N1CCS(=O)(=O)C(C)(C)C1. The topological polar surface area (TPSA) is 80.2 Å². The number of aliphatic imine (C=N–C) groups is 1. The monoisotopic (exact) mass is 321 g/mol. The Morgan fingerprint density at radius 3 is 2.62 bits per heavy atom. The maximum Gasteiger partial charge on any atom is 0.193 e. The van der Waals surface area contributed by atoms with Crippen LogP contribution in [0.1, 0.15) is 13.8 Å². The summed E-state index contributed by atoms with van der Waals surface area (Å²) in [6.07, 6.45) is 0. The van der Waals surface area contributed by atoms with E-state index in [1.165, 1.54) is 0 Å². The van der Waals surface area contributed by atoms with E-state index < -0.39 is 14.6 Å². The van der Waals surface area contributed by atoms with E-state index in [0.29, 0.717) is 45.4 Å². The predicted octanol–water partition coefficient (Wildman–Crippen LogP) is -0.266. The molecule has 1 fully saturated rings. The van der Waals surface area contributed by atoms with Gasteiger partial charge in [-0.15, -0.1) is 0 Å². The van der Waals surface area contributed by atoms with Gasteiger partial charge in [0.05, 0.1) is 30.3 Å². The lowest BCUT2D eigenvalue weighted by Gasteiger charge is -2.39. The van der Waals surface area contributed by atoms with E-state index in [-0.39, 0.29) is 5.75 Å². The van der Waals surface area contributed by atoms with E-state index in [9.17, 15) is 8.42 Å². The molecular formula is C13H27N3O4S. The summed E-state index contributed by atoms with van der Waals surface area (Å²) in [5, 5.41) is 3.20. The zero-order valence-electron chi connectivity index (χ0n) is 13.4. The molecule has 21 heavy (non-hydrogen) atoms. The van der Waals surface area contributed by atoms with Gasteiger partial charge >= 0.3 is 0 Å². The van der Waals surface area contributed by atoms with Crippen LogP contribution in [0.2, 0.25) is 0 Å². The van der Waals surface area contributed by atoms with Gasteiger partial charge in [0.15, 0.2) is 15.8 Å². The van der Waals surface area contributed by atoms with E-state index in [1.807, 2.05) is 4.90 Å². The molecule has 7 nitrogen and oxygen atoms in total. The first-order chi connectivity index (χ1) is 9.84. The predicted molar refractivity (Wildman–Crippen MR) is 83.5 cm³/mol. The lowest BCUT2D eigenvalue weighted by Crippen LogP contribution is -2.57. The average Bonchev–Trinajstić information content (AvgIpc) is 2.41. The van der Waals surface area contributed by atoms with Crippen molar-refractivity contribution in [2.24, 2.45) is 4.99 Å². The normalized spacial score (nSPS) is 21.3. The molecule has 8 heteroatoms. The van der Waals surface area contributed by atoms with E-state index in [0.717, 1.165) is 0 Å². The molecule has 124 valence electrons. The molecule has 0 spiro atoms. The summed E-state index contributed by atoms with van der Waals surface area (Å²) in [4.78, 5) is 6.20. The Morgan fingerprint density at radius 1 is 1.33 bits per heavy atom. The van der Waals surface area contributed by atoms with Gasteiger partial charge < -0.3 is 19.7 Å². The summed E-state index contributed by atoms with van der Waals surface area (Å²) < 4.78 is 33.5. The Morgan fingerprint density at radius 2 is 2.05 bits per heavy atom. The minimum Gasteiger partial charge on any atom is -0.382 e. The minimum absolute atomic E-state index is 0.158. The number of nitrogens with one attached hydrogen (secondary N) is 1. The largest absolute Gasteiger partial charge is 0.382 e. The van der Waals surface area contributed by atoms with Crippen LogP contribution in [-0.2, 0) is 19.3 Å². The highest BCUT2D eigenvalue weighted by atomic mass is 32.2. The maximum atomic E-state index is 12.0. The van der Waals surface area contributed by atoms with Crippen molar-refractivity contribution in [3.63, 3.8) is 0 Å². The van der Waals surface area contributed by atoms with Crippen molar-refractivity contribution in [1.29, 1.82) is 0 Å². The first-order valence-electron chi connectivity index (χ1n) is 7.08. The summed E-state index contributed by atoms with van der Waals surface area (Å²) in [6, 6.07) is 0. The van der Waals surface area contributed by atoms with Crippen LogP contribution in [0.15, 0.2) is 4.99 Å². The van der Waals surface area contributed by atoms with Crippen molar-refractivity contribution in [2.45, 2.75) is 18.6 Å². The van der Waals surface area contributed by atoms with Gasteiger partial charge in [0.2, 0.25) is 0 Å². The second-order valence-corrected chi connectivity index (χ2v) is 8.32. The van der Waals surface area contributed by atoms with Crippen LogP contribution in [0.25, 0.3) is 0 Å². The summed E-state index contributed by atoms with van der Waals surface area (Å²) in [5.41, 5.74) is 0. The lowest BCUT2D eigenvalue weighted by atomic mass is 10.2. The summed E-state index contributed by atoms with van der Waals surface area (Å²) in [7, 11) is 0.299. The van der Waals surface area contributed by atoms with Gasteiger partial charge in [-0.2, -0.15) is 0 Å². The van der Waals surface area contributed by atoms with Gasteiger partial charge in [0, 0.05) is 33.8 Å². The van der Waals surface area contributed by atoms with E-state index in [4.69, 9.17) is 9.47 Å². The first kappa shape index (κ1) is 18.2. The first-order valence-corrected chi connectivity index (χ1v) is 8.74. The number of sulfone groups is 1. The Labute approximate surface area is 127 Å². The fourth-order valence-electron chi connectivity index (χ4n) is 2.14. The molecular weight excluding hydrogens is 294 g/mol. The molecule has 0 unspecified atom stereocenters. The van der Waals surface area contributed by atoms with Gasteiger partial charge in [-0.1, -0.05) is 0 Å². The number of ether oxygens (including phenoxy) is 2. The second-order valence-electron chi connectivity index (χ2n) is 5.58. The summed E-state index contributed by atoms with van der Waals surface area (Å²) in [6.45, 7) is 6.75. The molecule has 0 saturated carbocycles. The highest BCUT2D eigenvalue weighted by Gasteiger charge is 2.40. The van der Waals surface area contributed by atoms with Crippen molar-refractivity contribution in [3.8, 4) is 0 Å². The minimum atomic E-state index is -3.03. The fraction of sp³-hybridized carbons (Fsp3) is 0.923. The Kier molecular flexibility index (Phi) is 6.89. The van der Waals surface area contributed by atoms with Crippen molar-refractivity contribution in [2.75, 3.05) is 59.4 Å². The van der Waals surface area contributed by atoms with Crippen molar-refractivity contribution in [1.82, 2.24) is 10.2 Å². The third-order valence-electron chi connectivity index (χ3n) is 3.52. The molecule has 1 aliphatic rings. The van der Waals surface area contributed by atoms with Crippen LogP contribution in [-0.4, -0.2) is 83.4 Å². The molecule has 0 aromatic carbocycles. The molecule has 1 saturated heterocycles. The molecule has 0 bridgehead atoms. The zero-order chi connectivity index (χ0) is 15.9. The number of nitrogens with zero attached hydrogens (tertiary/aromatic N) is 2. The van der Waals surface area contributed by atoms with Crippen LogP contribution in [0.5, 0.6) is 0 Å². The second kappa shape index (κ2) is 7.95. The van der Waals surface area contributed by atoms with Crippen molar-refractivity contribution >= 4 is 15.8 Å². The number of guanidine groups is 1. The van der Waals surface area contributed by atoms with E-state index >= 15 is 0 Å². The molecule has 1 aliphatic heterocycles. The molecule has 0 radical (unpaired) electrons. The van der Waals surface area contributed by atoms with Gasteiger partial charge in [-0.3, -0.25) is 4.99 Å². The molecule has 1 heterocycles. The third-order valence-corrected chi connectivity index (χ3v) is 6.05. The maximum absolute atomic E-state index is 12.0. The molecule has 1 rings (SSSR count). The van der Waals surface area contributed by atoms with Gasteiger partial charge in [0.25, 0.3) is 0 Å². The summed E-state index contributed by atoms with van der Waals surface area (Å²) >= 11 is 0. The number of hydrogen-bond donors (Lipinski definition) is 1. The van der Waals surface area contributed by atoms with E-state index in [2.05, 4.69) is 10.3 Å². The highest BCUT2D eigenvalue weighted by Crippen LogP contribution is 2.23. The third kappa shape index (κ3) is 5.12. The van der Waals surface area contributed by atoms with Crippen LogP contribution in [0.3, 0.4) is 0 Å². The van der Waals surface area contributed by atoms with Crippen LogP contribution in [0.4, 0.5) is 0 Å². The molecule has 1 N–H and O–H groups in total. The molecule has 0 aromatic heterocycles. The molecule has 0 amide bonds. The number of methoxy groups -OCH3 is 1. The van der Waals surface area contributed by atoms with Gasteiger partial charge in [-0.05, 0) is 13.8 Å². The highest BCUT2D eigenvalue weighted by molar-refractivity contribution is 7.92.